The Kier molecular flexibility index (Phi) is 22.5. The zero-order valence-corrected chi connectivity index (χ0v) is 46.0. The molecule has 30 heteroatoms. The van der Waals surface area contributed by atoms with Crippen LogP contribution in [-0.4, -0.2) is 81.6 Å². The number of hydrogen-bond donors (Lipinski definition) is 4. The minimum atomic E-state index is -0.580. The number of hydrogen-bond acceptors (Lipinski definition) is 24. The number of benzene rings is 2. The molecule has 21 nitrogen and oxygen atoms in total. The second-order valence-corrected chi connectivity index (χ2v) is 19.1. The molecule has 0 saturated heterocycles. The van der Waals surface area contributed by atoms with E-state index in [1.807, 2.05) is 28.9 Å². The quantitative estimate of drug-likeness (QED) is 0.0383. The van der Waals surface area contributed by atoms with Gasteiger partial charge in [0.05, 0.1) is 50.6 Å². The third-order valence-corrected chi connectivity index (χ3v) is 12.9. The van der Waals surface area contributed by atoms with Crippen LogP contribution in [0, 0.1) is 51.0 Å². The van der Waals surface area contributed by atoms with E-state index in [1.165, 1.54) is 83.6 Å². The Balaban J connectivity index is 0.000000198. The van der Waals surface area contributed by atoms with Crippen LogP contribution in [-0.2, 0) is 17.8 Å². The molecule has 0 unspecified atom stereocenters. The summed E-state index contributed by atoms with van der Waals surface area (Å²) in [6.45, 7) is 8.07. The third-order valence-electron chi connectivity index (χ3n) is 9.59. The number of halogens is 5. The molecule has 5 N–H and O–H groups in total. The van der Waals surface area contributed by atoms with E-state index in [4.69, 9.17) is 27.3 Å². The molecule has 410 valence electrons. The van der Waals surface area contributed by atoms with Crippen molar-refractivity contribution < 1.29 is 38.5 Å². The van der Waals surface area contributed by atoms with Crippen LogP contribution in [0.2, 0.25) is 4.47 Å². The average Bonchev–Trinajstić information content (AvgIpc) is 4.31. The zero-order chi connectivity index (χ0) is 56.8. The Morgan fingerprint density at radius 2 is 1.03 bits per heavy atom. The van der Waals surface area contributed by atoms with Gasteiger partial charge in [0.15, 0.2) is 0 Å². The Hall–Kier alpha value is -8.61. The van der Waals surface area contributed by atoms with E-state index < -0.39 is 17.5 Å². The molecule has 0 atom stereocenters. The number of ether oxygens (including phenoxy) is 1. The maximum Gasteiger partial charge on any atom is 0.337 e. The van der Waals surface area contributed by atoms with E-state index in [9.17, 15) is 27.2 Å². The number of nitrogens with two attached hydrogens (primary N) is 1. The van der Waals surface area contributed by atoms with Crippen molar-refractivity contribution in [3.8, 4) is 0 Å². The van der Waals surface area contributed by atoms with Gasteiger partial charge in [-0.05, 0) is 135 Å². The molecule has 2 aromatic carbocycles. The summed E-state index contributed by atoms with van der Waals surface area (Å²) in [5.74, 6) is 2.24. The largest absolute Gasteiger partial charge is 0.465 e. The lowest BCUT2D eigenvalue weighted by Gasteiger charge is -2.20. The monoisotopic (exact) mass is 1180 g/mol. The van der Waals surface area contributed by atoms with E-state index in [0.717, 1.165) is 41.7 Å². The second-order valence-electron chi connectivity index (χ2n) is 15.5. The first-order valence-electron chi connectivity index (χ1n) is 22.6. The number of rotatable bonds is 12. The van der Waals surface area contributed by atoms with Crippen molar-refractivity contribution in [2.75, 3.05) is 28.0 Å². The van der Waals surface area contributed by atoms with E-state index >= 15 is 0 Å². The number of methoxy groups -OCH3 is 1. The smallest absolute Gasteiger partial charge is 0.337 e. The topological polar surface area (TPSA) is 275 Å². The van der Waals surface area contributed by atoms with Crippen LogP contribution in [0.3, 0.4) is 0 Å². The maximum atomic E-state index is 13.2. The predicted octanol–water partition coefficient (Wildman–Crippen LogP) is 11.0. The fraction of sp³-hybridized carbons (Fsp3) is 0.143. The van der Waals surface area contributed by atoms with Gasteiger partial charge in [0.25, 0.3) is 5.91 Å². The molecule has 79 heavy (non-hydrogen) atoms. The Bertz CT molecular complexity index is 3300. The zero-order valence-electron chi connectivity index (χ0n) is 42.0. The highest BCUT2D eigenvalue weighted by Crippen LogP contribution is 2.29. The second kappa shape index (κ2) is 29.8. The summed E-state index contributed by atoms with van der Waals surface area (Å²) in [6.07, 6.45) is 4.53. The lowest BCUT2D eigenvalue weighted by molar-refractivity contribution is 0.0600. The Labute approximate surface area is 471 Å². The summed E-state index contributed by atoms with van der Waals surface area (Å²) in [6, 6.07) is 25.2. The van der Waals surface area contributed by atoms with Crippen molar-refractivity contribution in [2.24, 2.45) is 0 Å². The summed E-state index contributed by atoms with van der Waals surface area (Å²) < 4.78 is 72.2. The van der Waals surface area contributed by atoms with Crippen LogP contribution in [0.15, 0.2) is 122 Å². The normalized spacial score (nSPS) is 10.2. The molecule has 0 spiro atoms. The highest BCUT2D eigenvalue weighted by molar-refractivity contribution is 7.10. The van der Waals surface area contributed by atoms with Gasteiger partial charge in [-0.1, -0.05) is 24.3 Å². The Morgan fingerprint density at radius 1 is 0.582 bits per heavy atom. The number of aryl methyl sites for hydroxylation is 4. The highest BCUT2D eigenvalue weighted by atomic mass is 35.5. The van der Waals surface area contributed by atoms with Gasteiger partial charge in [-0.3, -0.25) is 19.8 Å². The standard InChI is InChI=1S/C17H15FN4O2S.C16H14FN5O2S.C8H7FN4S.C5H5FN2.C3H3ClN2S.H2/c1-11-20-17(25-21-11)22(15-8-7-14(18)9-19-15)10-12-3-5-13(6-4-12)16(23)24-2;1-10-19-16(25-21-10)22(14-7-6-13(17)8-18-14)9-11-2-4-12(5-3-11)15(23)20-24;1-5-11-8(14-13-5)12-7-3-2-6(9)4-10-7;6-4-1-2-5(7)8-3-4;1-2-5-3(4)7-6-2;/h3-9H,10H2,1-2H3;2-8,24H,9H2,1H3,(H,20,23);2-4H,1H3,(H,10,11,12,13);1-3H,(H2,7,8);1H3;1H/i;;;;;1+2. The van der Waals surface area contributed by atoms with Crippen molar-refractivity contribution in [1.29, 1.82) is 0 Å². The first-order valence-corrected chi connectivity index (χ1v) is 26.0. The minimum absolute atomic E-state index is 0. The number of esters is 1. The number of carbonyl (C=O) groups excluding carboxylic acids is 2. The molecule has 0 aliphatic heterocycles. The van der Waals surface area contributed by atoms with Crippen molar-refractivity contribution in [3.63, 3.8) is 0 Å². The first kappa shape index (κ1) is 59.6. The lowest BCUT2D eigenvalue weighted by Crippen LogP contribution is -2.19. The van der Waals surface area contributed by atoms with Gasteiger partial charge in [-0.15, -0.1) is 0 Å². The van der Waals surface area contributed by atoms with Crippen LogP contribution >= 0.6 is 57.7 Å². The van der Waals surface area contributed by atoms with Crippen LogP contribution in [0.4, 0.5) is 56.2 Å². The predicted molar refractivity (Wildman–Crippen MR) is 295 cm³/mol. The number of amides is 1. The van der Waals surface area contributed by atoms with E-state index in [-0.39, 0.29) is 19.0 Å². The molecule has 0 bridgehead atoms. The van der Waals surface area contributed by atoms with Gasteiger partial charge < -0.3 is 15.8 Å². The number of anilines is 7. The van der Waals surface area contributed by atoms with E-state index in [2.05, 4.69) is 62.7 Å². The molecule has 1 amide bonds. The summed E-state index contributed by atoms with van der Waals surface area (Å²) in [4.78, 5) is 58.8. The first-order chi connectivity index (χ1) is 37.9. The molecule has 10 rings (SSSR count). The maximum absolute atomic E-state index is 13.2. The van der Waals surface area contributed by atoms with Gasteiger partial charge >= 0.3 is 5.97 Å². The summed E-state index contributed by atoms with van der Waals surface area (Å²) in [5.41, 5.74) is 9.37. The van der Waals surface area contributed by atoms with Gasteiger partial charge in [0, 0.05) is 41.6 Å². The number of nitrogens with one attached hydrogen (secondary N) is 2. The molecule has 0 aliphatic carbocycles. The number of carbonyl (C=O) groups is 2. The summed E-state index contributed by atoms with van der Waals surface area (Å²) in [5, 5.41) is 13.5. The average molecular weight is 1180 g/mol. The van der Waals surface area contributed by atoms with E-state index in [0.29, 0.717) is 84.8 Å². The molecule has 8 aromatic heterocycles. The molecular weight excluding hydrogens is 1130 g/mol. The van der Waals surface area contributed by atoms with Crippen LogP contribution in [0.25, 0.3) is 0 Å². The molecule has 0 fully saturated rings. The third kappa shape index (κ3) is 19.4. The van der Waals surface area contributed by atoms with Gasteiger partial charge in [0.1, 0.15) is 69.8 Å². The fourth-order valence-corrected chi connectivity index (χ4v) is 8.56. The summed E-state index contributed by atoms with van der Waals surface area (Å²) in [7, 11) is 1.34. The van der Waals surface area contributed by atoms with Gasteiger partial charge in [0.2, 0.25) is 19.9 Å². The molecule has 0 radical (unpaired) electrons. The van der Waals surface area contributed by atoms with Crippen LogP contribution in [0.1, 0.15) is 56.6 Å². The van der Waals surface area contributed by atoms with Gasteiger partial charge in [-0.25, -0.2) is 67.7 Å². The molecular formula is C49H46ClF4N17O4S4. The number of nitrogen functional groups attached to an aromatic ring is 1. The number of hydroxylamine groups is 1. The van der Waals surface area contributed by atoms with Crippen molar-refractivity contribution >= 4 is 108 Å². The van der Waals surface area contributed by atoms with Crippen molar-refractivity contribution in [2.45, 2.75) is 40.8 Å². The van der Waals surface area contributed by atoms with E-state index in [1.54, 1.807) is 80.8 Å². The highest BCUT2D eigenvalue weighted by Gasteiger charge is 2.18. The molecule has 10 aromatic rings. The molecule has 0 aliphatic rings. The summed E-state index contributed by atoms with van der Waals surface area (Å²) >= 11 is 10.3. The SMILES string of the molecule is COC(=O)c1ccc(CN(c2ccc(F)cn2)c2nc(C)ns2)cc1.Cc1nsc(Cl)n1.Cc1nsc(N(Cc2ccc(C(=O)NO)cc2)c2ccc(F)cn2)n1.Cc1nsc(Nc2ccc(F)cn2)n1.Nc1ccc(F)cn1.[3HH]. The van der Waals surface area contributed by atoms with Gasteiger partial charge in [-0.2, -0.15) is 17.5 Å². The number of nitrogens with zero attached hydrogens (tertiary/aromatic N) is 14. The van der Waals surface area contributed by atoms with Crippen LogP contribution in [0.5, 0.6) is 0 Å². The van der Waals surface area contributed by atoms with Crippen molar-refractivity contribution in [3.05, 3.63) is 195 Å². The fourth-order valence-electron chi connectivity index (χ4n) is 5.96. The Morgan fingerprint density at radius 3 is 1.37 bits per heavy atom. The van der Waals surface area contributed by atoms with Crippen molar-refractivity contribution in [1.82, 2.24) is 62.8 Å². The number of aromatic nitrogens is 12. The minimum Gasteiger partial charge on any atom is -0.465 e. The molecule has 0 saturated carbocycles. The number of pyridine rings is 4. The lowest BCUT2D eigenvalue weighted by atomic mass is 10.1. The molecule has 8 heterocycles. The van der Waals surface area contributed by atoms with Crippen LogP contribution < -0.4 is 26.3 Å².